The molecule has 1 aliphatic rings. The van der Waals surface area contributed by atoms with Gasteiger partial charge in [0.1, 0.15) is 17.9 Å². The molecule has 2 heterocycles. The van der Waals surface area contributed by atoms with Crippen LogP contribution in [0.1, 0.15) is 27.7 Å². The number of methoxy groups -OCH3 is 2. The lowest BCUT2D eigenvalue weighted by atomic mass is 9.97. The van der Waals surface area contributed by atoms with Crippen molar-refractivity contribution in [2.24, 2.45) is 0 Å². The third kappa shape index (κ3) is 3.87. The van der Waals surface area contributed by atoms with Gasteiger partial charge < -0.3 is 18.6 Å². The van der Waals surface area contributed by atoms with Crippen molar-refractivity contribution in [3.63, 3.8) is 0 Å². The number of halogens is 1. The molecule has 0 N–H and O–H groups in total. The van der Waals surface area contributed by atoms with E-state index < -0.39 is 11.9 Å². The predicted molar refractivity (Wildman–Crippen MR) is 138 cm³/mol. The third-order valence-corrected chi connectivity index (χ3v) is 6.26. The number of ether oxygens (including phenoxy) is 3. The Morgan fingerprint density at radius 2 is 1.86 bits per heavy atom. The fourth-order valence-electron chi connectivity index (χ4n) is 4.41. The van der Waals surface area contributed by atoms with Crippen LogP contribution < -0.4 is 24.5 Å². The summed E-state index contributed by atoms with van der Waals surface area (Å²) in [6, 6.07) is 16.3. The SMILES string of the molecule is C=CCOc1ccc(C2c3c(oc4ccc(Cl)cc4c3=O)C(=O)N2c2cccc(OC)c2)cc1OC. The Morgan fingerprint density at radius 3 is 2.61 bits per heavy atom. The number of amides is 1. The minimum absolute atomic E-state index is 0.0198. The van der Waals surface area contributed by atoms with E-state index in [0.29, 0.717) is 45.5 Å². The number of benzene rings is 3. The van der Waals surface area contributed by atoms with E-state index >= 15 is 0 Å². The number of anilines is 1. The van der Waals surface area contributed by atoms with Gasteiger partial charge in [-0.15, -0.1) is 0 Å². The Bertz CT molecular complexity index is 1560. The van der Waals surface area contributed by atoms with Gasteiger partial charge in [0.25, 0.3) is 5.91 Å². The van der Waals surface area contributed by atoms with E-state index in [9.17, 15) is 9.59 Å². The summed E-state index contributed by atoms with van der Waals surface area (Å²) >= 11 is 6.17. The van der Waals surface area contributed by atoms with Gasteiger partial charge >= 0.3 is 0 Å². The third-order valence-electron chi connectivity index (χ3n) is 6.02. The number of hydrogen-bond acceptors (Lipinski definition) is 6. The molecule has 1 aromatic heterocycles. The molecule has 1 unspecified atom stereocenters. The molecule has 3 aromatic carbocycles. The van der Waals surface area contributed by atoms with Gasteiger partial charge in [0.05, 0.1) is 31.2 Å². The van der Waals surface area contributed by atoms with E-state index in [0.717, 1.165) is 0 Å². The van der Waals surface area contributed by atoms with Crippen molar-refractivity contribution >= 4 is 34.2 Å². The molecule has 8 heteroatoms. The number of nitrogens with zero attached hydrogens (tertiary/aromatic N) is 1. The molecule has 0 bridgehead atoms. The second kappa shape index (κ2) is 9.43. The first kappa shape index (κ1) is 23.5. The maximum absolute atomic E-state index is 13.8. The van der Waals surface area contributed by atoms with Crippen LogP contribution in [0.5, 0.6) is 17.2 Å². The Kier molecular flexibility index (Phi) is 6.16. The molecule has 0 aliphatic carbocycles. The van der Waals surface area contributed by atoms with Crippen LogP contribution >= 0.6 is 11.6 Å². The zero-order valence-corrected chi connectivity index (χ0v) is 20.4. The van der Waals surface area contributed by atoms with Crippen molar-refractivity contribution in [1.82, 2.24) is 0 Å². The van der Waals surface area contributed by atoms with Gasteiger partial charge in [0.2, 0.25) is 5.76 Å². The van der Waals surface area contributed by atoms with Crippen LogP contribution in [-0.4, -0.2) is 26.7 Å². The number of carbonyl (C=O) groups excluding carboxylic acids is 1. The Hall–Kier alpha value is -4.23. The Labute approximate surface area is 212 Å². The summed E-state index contributed by atoms with van der Waals surface area (Å²) in [5.74, 6) is 1.07. The summed E-state index contributed by atoms with van der Waals surface area (Å²) < 4.78 is 22.6. The summed E-state index contributed by atoms with van der Waals surface area (Å²) in [5.41, 5.74) is 1.36. The van der Waals surface area contributed by atoms with Gasteiger partial charge in [-0.3, -0.25) is 14.5 Å². The monoisotopic (exact) mass is 503 g/mol. The molecule has 4 aromatic rings. The van der Waals surface area contributed by atoms with Crippen molar-refractivity contribution in [3.05, 3.63) is 105 Å². The van der Waals surface area contributed by atoms with Crippen molar-refractivity contribution < 1.29 is 23.4 Å². The molecule has 0 spiro atoms. The number of hydrogen-bond donors (Lipinski definition) is 0. The first-order chi connectivity index (χ1) is 17.5. The lowest BCUT2D eigenvalue weighted by Gasteiger charge is -2.26. The molecule has 1 atom stereocenters. The predicted octanol–water partition coefficient (Wildman–Crippen LogP) is 5.78. The minimum Gasteiger partial charge on any atom is -0.497 e. The first-order valence-corrected chi connectivity index (χ1v) is 11.5. The zero-order valence-electron chi connectivity index (χ0n) is 19.6. The van der Waals surface area contributed by atoms with E-state index in [1.807, 2.05) is 0 Å². The molecule has 0 radical (unpaired) electrons. The van der Waals surface area contributed by atoms with Crippen molar-refractivity contribution in [2.45, 2.75) is 6.04 Å². The summed E-state index contributed by atoms with van der Waals surface area (Å²) in [7, 11) is 3.07. The maximum atomic E-state index is 13.8. The second-order valence-corrected chi connectivity index (χ2v) is 8.54. The normalized spacial score (nSPS) is 14.6. The van der Waals surface area contributed by atoms with Crippen LogP contribution in [0.25, 0.3) is 11.0 Å². The zero-order chi connectivity index (χ0) is 25.4. The fourth-order valence-corrected chi connectivity index (χ4v) is 4.58. The average molecular weight is 504 g/mol. The molecule has 0 saturated heterocycles. The molecule has 182 valence electrons. The second-order valence-electron chi connectivity index (χ2n) is 8.10. The Morgan fingerprint density at radius 1 is 1.03 bits per heavy atom. The maximum Gasteiger partial charge on any atom is 0.295 e. The van der Waals surface area contributed by atoms with E-state index in [2.05, 4.69) is 6.58 Å². The molecule has 1 aliphatic heterocycles. The van der Waals surface area contributed by atoms with E-state index in [1.165, 1.54) is 12.0 Å². The van der Waals surface area contributed by atoms with Crippen molar-refractivity contribution in [2.75, 3.05) is 25.7 Å². The molecular formula is C28H22ClNO6. The lowest BCUT2D eigenvalue weighted by molar-refractivity contribution is 0.0971. The minimum atomic E-state index is -0.790. The van der Waals surface area contributed by atoms with Crippen LogP contribution in [-0.2, 0) is 0 Å². The van der Waals surface area contributed by atoms with Gasteiger partial charge in [-0.1, -0.05) is 36.4 Å². The highest BCUT2D eigenvalue weighted by molar-refractivity contribution is 6.31. The average Bonchev–Trinajstić information content (AvgIpc) is 3.20. The van der Waals surface area contributed by atoms with Crippen LogP contribution in [0.3, 0.4) is 0 Å². The summed E-state index contributed by atoms with van der Waals surface area (Å²) in [6.45, 7) is 3.97. The molecular weight excluding hydrogens is 482 g/mol. The van der Waals surface area contributed by atoms with Gasteiger partial charge in [-0.05, 0) is 48.0 Å². The molecule has 36 heavy (non-hydrogen) atoms. The van der Waals surface area contributed by atoms with Crippen molar-refractivity contribution in [3.8, 4) is 17.2 Å². The molecule has 0 saturated carbocycles. The lowest BCUT2D eigenvalue weighted by Crippen LogP contribution is -2.29. The summed E-state index contributed by atoms with van der Waals surface area (Å²) in [4.78, 5) is 29.1. The van der Waals surface area contributed by atoms with E-state index in [1.54, 1.807) is 73.8 Å². The van der Waals surface area contributed by atoms with E-state index in [-0.39, 0.29) is 22.3 Å². The largest absolute Gasteiger partial charge is 0.497 e. The van der Waals surface area contributed by atoms with Gasteiger partial charge in [0, 0.05) is 16.8 Å². The molecule has 7 nitrogen and oxygen atoms in total. The summed E-state index contributed by atoms with van der Waals surface area (Å²) in [5, 5.41) is 0.690. The van der Waals surface area contributed by atoms with Crippen molar-refractivity contribution in [1.29, 1.82) is 0 Å². The summed E-state index contributed by atoms with van der Waals surface area (Å²) in [6.07, 6.45) is 1.63. The highest BCUT2D eigenvalue weighted by Crippen LogP contribution is 2.44. The van der Waals surface area contributed by atoms with Gasteiger partial charge in [-0.2, -0.15) is 0 Å². The Balaban J connectivity index is 1.76. The molecule has 0 fully saturated rings. The van der Waals surface area contributed by atoms with Crippen LogP contribution in [0.15, 0.2) is 82.5 Å². The number of rotatable bonds is 7. The first-order valence-electron chi connectivity index (χ1n) is 11.1. The highest BCUT2D eigenvalue weighted by atomic mass is 35.5. The van der Waals surface area contributed by atoms with Gasteiger partial charge in [-0.25, -0.2) is 0 Å². The van der Waals surface area contributed by atoms with Crippen LogP contribution in [0.4, 0.5) is 5.69 Å². The number of carbonyl (C=O) groups is 1. The van der Waals surface area contributed by atoms with Crippen LogP contribution in [0.2, 0.25) is 5.02 Å². The van der Waals surface area contributed by atoms with E-state index in [4.69, 9.17) is 30.2 Å². The topological polar surface area (TPSA) is 78.2 Å². The fraction of sp³-hybridized carbons (Fsp3) is 0.143. The van der Waals surface area contributed by atoms with Gasteiger partial charge in [0.15, 0.2) is 16.9 Å². The highest BCUT2D eigenvalue weighted by Gasteiger charge is 2.44. The quantitative estimate of drug-likeness (QED) is 0.297. The van der Waals surface area contributed by atoms with Crippen LogP contribution in [0, 0.1) is 0 Å². The number of fused-ring (bicyclic) bond motifs is 2. The smallest absolute Gasteiger partial charge is 0.295 e. The standard InChI is InChI=1S/C28H22ClNO6/c1-4-12-35-22-10-8-16(13-23(22)34-3)25-24-26(31)20-14-17(29)9-11-21(20)36-27(24)28(32)30(25)18-6-5-7-19(15-18)33-2/h4-11,13-15,25H,1,12H2,2-3H3. The molecule has 5 rings (SSSR count). The molecule has 1 amide bonds.